The van der Waals surface area contributed by atoms with Gasteiger partial charge in [-0.15, -0.1) is 0 Å². The van der Waals surface area contributed by atoms with E-state index in [4.69, 9.17) is 0 Å². The Labute approximate surface area is 119 Å². The summed E-state index contributed by atoms with van der Waals surface area (Å²) in [5, 5.41) is 3.76. The van der Waals surface area contributed by atoms with E-state index in [2.05, 4.69) is 42.9 Å². The van der Waals surface area contributed by atoms with E-state index >= 15 is 0 Å². The van der Waals surface area contributed by atoms with Gasteiger partial charge in [-0.2, -0.15) is 0 Å². The summed E-state index contributed by atoms with van der Waals surface area (Å²) >= 11 is 0. The molecule has 0 aromatic heterocycles. The Morgan fingerprint density at radius 2 is 2.05 bits per heavy atom. The molecule has 0 aromatic carbocycles. The van der Waals surface area contributed by atoms with Gasteiger partial charge in [-0.05, 0) is 38.3 Å². The van der Waals surface area contributed by atoms with Crippen molar-refractivity contribution in [3.63, 3.8) is 0 Å². The molecule has 3 atom stereocenters. The second-order valence-electron chi connectivity index (χ2n) is 7.08. The summed E-state index contributed by atoms with van der Waals surface area (Å²) in [6.45, 7) is 13.4. The van der Waals surface area contributed by atoms with Crippen LogP contribution in [-0.4, -0.2) is 61.7 Å². The minimum absolute atomic E-state index is 0.721. The van der Waals surface area contributed by atoms with Crippen LogP contribution in [-0.2, 0) is 0 Å². The van der Waals surface area contributed by atoms with Crippen molar-refractivity contribution in [2.75, 3.05) is 39.8 Å². The average molecular weight is 267 g/mol. The topological polar surface area (TPSA) is 18.5 Å². The molecule has 0 amide bonds. The Hall–Kier alpha value is -0.120. The first-order chi connectivity index (χ1) is 9.10. The van der Waals surface area contributed by atoms with Gasteiger partial charge in [0.15, 0.2) is 0 Å². The summed E-state index contributed by atoms with van der Waals surface area (Å²) in [6.07, 6.45) is 4.01. The van der Waals surface area contributed by atoms with Crippen LogP contribution in [0.5, 0.6) is 0 Å². The monoisotopic (exact) mass is 267 g/mol. The standard InChI is InChI=1S/C16H33N3/c1-5-6-15-12-19(16(9-17-15)13(2)3)11-14-7-8-18(4)10-14/h13-17H,5-12H2,1-4H3. The minimum Gasteiger partial charge on any atom is -0.311 e. The van der Waals surface area contributed by atoms with Crippen molar-refractivity contribution in [2.45, 2.75) is 52.1 Å². The lowest BCUT2D eigenvalue weighted by molar-refractivity contribution is 0.0803. The van der Waals surface area contributed by atoms with Crippen molar-refractivity contribution in [2.24, 2.45) is 11.8 Å². The van der Waals surface area contributed by atoms with Crippen LogP contribution < -0.4 is 5.32 Å². The Balaban J connectivity index is 1.91. The fraction of sp³-hybridized carbons (Fsp3) is 1.00. The van der Waals surface area contributed by atoms with E-state index in [0.717, 1.165) is 23.9 Å². The van der Waals surface area contributed by atoms with E-state index in [1.54, 1.807) is 0 Å². The van der Waals surface area contributed by atoms with Crippen LogP contribution in [0.1, 0.15) is 40.0 Å². The summed E-state index contributed by atoms with van der Waals surface area (Å²) in [4.78, 5) is 5.28. The van der Waals surface area contributed by atoms with Gasteiger partial charge >= 0.3 is 0 Å². The van der Waals surface area contributed by atoms with Crippen LogP contribution in [0.25, 0.3) is 0 Å². The second kappa shape index (κ2) is 7.05. The second-order valence-corrected chi connectivity index (χ2v) is 7.08. The Kier molecular flexibility index (Phi) is 5.67. The van der Waals surface area contributed by atoms with E-state index < -0.39 is 0 Å². The fourth-order valence-electron chi connectivity index (χ4n) is 3.82. The molecule has 3 unspecified atom stereocenters. The number of hydrogen-bond acceptors (Lipinski definition) is 3. The predicted octanol–water partition coefficient (Wildman–Crippen LogP) is 2.04. The predicted molar refractivity (Wildman–Crippen MR) is 82.5 cm³/mol. The van der Waals surface area contributed by atoms with Gasteiger partial charge in [0.25, 0.3) is 0 Å². The maximum atomic E-state index is 3.76. The molecule has 2 fully saturated rings. The van der Waals surface area contributed by atoms with Crippen LogP contribution in [0.4, 0.5) is 0 Å². The summed E-state index contributed by atoms with van der Waals surface area (Å²) in [5.41, 5.74) is 0. The molecule has 2 heterocycles. The molecule has 19 heavy (non-hydrogen) atoms. The van der Waals surface area contributed by atoms with Crippen molar-refractivity contribution in [3.05, 3.63) is 0 Å². The highest BCUT2D eigenvalue weighted by atomic mass is 15.2. The van der Waals surface area contributed by atoms with Gasteiger partial charge in [-0.25, -0.2) is 0 Å². The van der Waals surface area contributed by atoms with Gasteiger partial charge < -0.3 is 10.2 Å². The van der Waals surface area contributed by atoms with Crippen molar-refractivity contribution in [3.8, 4) is 0 Å². The molecule has 2 aliphatic heterocycles. The van der Waals surface area contributed by atoms with Crippen LogP contribution in [0.3, 0.4) is 0 Å². The van der Waals surface area contributed by atoms with Crippen molar-refractivity contribution >= 4 is 0 Å². The first-order valence-electron chi connectivity index (χ1n) is 8.26. The van der Waals surface area contributed by atoms with E-state index in [-0.39, 0.29) is 0 Å². The van der Waals surface area contributed by atoms with Crippen molar-refractivity contribution in [1.82, 2.24) is 15.1 Å². The van der Waals surface area contributed by atoms with Crippen LogP contribution in [0.2, 0.25) is 0 Å². The molecule has 2 aliphatic rings. The largest absolute Gasteiger partial charge is 0.311 e. The Bertz CT molecular complexity index is 267. The first-order valence-corrected chi connectivity index (χ1v) is 8.26. The summed E-state index contributed by atoms with van der Waals surface area (Å²) in [7, 11) is 2.26. The first kappa shape index (κ1) is 15.3. The molecule has 0 aromatic rings. The highest BCUT2D eigenvalue weighted by Gasteiger charge is 2.32. The van der Waals surface area contributed by atoms with E-state index in [9.17, 15) is 0 Å². The molecule has 0 bridgehead atoms. The van der Waals surface area contributed by atoms with Crippen LogP contribution in [0, 0.1) is 11.8 Å². The number of rotatable bonds is 5. The zero-order valence-corrected chi connectivity index (χ0v) is 13.4. The maximum absolute atomic E-state index is 3.76. The lowest BCUT2D eigenvalue weighted by atomic mass is 9.95. The number of piperazine rings is 1. The third-order valence-electron chi connectivity index (χ3n) is 4.93. The number of nitrogens with zero attached hydrogens (tertiary/aromatic N) is 2. The van der Waals surface area contributed by atoms with E-state index in [1.165, 1.54) is 52.0 Å². The Morgan fingerprint density at radius 3 is 2.63 bits per heavy atom. The molecule has 0 spiro atoms. The van der Waals surface area contributed by atoms with Crippen molar-refractivity contribution in [1.29, 1.82) is 0 Å². The van der Waals surface area contributed by atoms with E-state index in [1.807, 2.05) is 0 Å². The maximum Gasteiger partial charge on any atom is 0.0244 e. The lowest BCUT2D eigenvalue weighted by Crippen LogP contribution is -2.59. The molecule has 1 N–H and O–H groups in total. The summed E-state index contributed by atoms with van der Waals surface area (Å²) < 4.78 is 0. The minimum atomic E-state index is 0.721. The van der Waals surface area contributed by atoms with Gasteiger partial charge in [-0.1, -0.05) is 27.2 Å². The zero-order valence-electron chi connectivity index (χ0n) is 13.4. The molecule has 2 saturated heterocycles. The summed E-state index contributed by atoms with van der Waals surface area (Å²) in [6, 6.07) is 1.46. The average Bonchev–Trinajstić information content (AvgIpc) is 2.75. The van der Waals surface area contributed by atoms with Crippen molar-refractivity contribution < 1.29 is 0 Å². The van der Waals surface area contributed by atoms with Crippen LogP contribution in [0.15, 0.2) is 0 Å². The molecule has 0 saturated carbocycles. The Morgan fingerprint density at radius 1 is 1.26 bits per heavy atom. The molecule has 2 rings (SSSR count). The lowest BCUT2D eigenvalue weighted by Gasteiger charge is -2.43. The quantitative estimate of drug-likeness (QED) is 0.822. The molecule has 3 heteroatoms. The number of hydrogen-bond donors (Lipinski definition) is 1. The normalized spacial score (nSPS) is 34.3. The van der Waals surface area contributed by atoms with Gasteiger partial charge in [-0.3, -0.25) is 4.90 Å². The highest BCUT2D eigenvalue weighted by molar-refractivity contribution is 4.89. The van der Waals surface area contributed by atoms with Gasteiger partial charge in [0.2, 0.25) is 0 Å². The van der Waals surface area contributed by atoms with Gasteiger partial charge in [0.1, 0.15) is 0 Å². The fourth-order valence-corrected chi connectivity index (χ4v) is 3.82. The smallest absolute Gasteiger partial charge is 0.0244 e. The highest BCUT2D eigenvalue weighted by Crippen LogP contribution is 2.22. The van der Waals surface area contributed by atoms with Gasteiger partial charge in [0.05, 0.1) is 0 Å². The number of likely N-dealkylation sites (tertiary alicyclic amines) is 1. The molecule has 112 valence electrons. The molecular formula is C16H33N3. The van der Waals surface area contributed by atoms with E-state index in [0.29, 0.717) is 0 Å². The van der Waals surface area contributed by atoms with Gasteiger partial charge in [0, 0.05) is 38.3 Å². The van der Waals surface area contributed by atoms with Crippen LogP contribution >= 0.6 is 0 Å². The molecule has 3 nitrogen and oxygen atoms in total. The summed E-state index contributed by atoms with van der Waals surface area (Å²) in [5.74, 6) is 1.65. The third-order valence-corrected chi connectivity index (χ3v) is 4.93. The third kappa shape index (κ3) is 4.17. The SMILES string of the molecule is CCCC1CN(CC2CCN(C)C2)C(C(C)C)CN1. The number of nitrogens with one attached hydrogen (secondary N) is 1. The molecule has 0 aliphatic carbocycles. The molecule has 0 radical (unpaired) electrons. The molecular weight excluding hydrogens is 234 g/mol. The zero-order chi connectivity index (χ0) is 13.8.